The summed E-state index contributed by atoms with van der Waals surface area (Å²) in [5.41, 5.74) is 0.997. The Bertz CT molecular complexity index is 1050. The van der Waals surface area contributed by atoms with Crippen LogP contribution in [-0.4, -0.2) is 35.3 Å². The fourth-order valence-corrected chi connectivity index (χ4v) is 6.26. The van der Waals surface area contributed by atoms with Crippen LogP contribution in [0, 0.1) is 6.92 Å². The lowest BCUT2D eigenvalue weighted by Crippen LogP contribution is -2.35. The highest BCUT2D eigenvalue weighted by atomic mass is 32.2. The van der Waals surface area contributed by atoms with Crippen LogP contribution in [0.4, 0.5) is 5.13 Å². The molecule has 0 aromatic carbocycles. The molecule has 0 radical (unpaired) electrons. The van der Waals surface area contributed by atoms with E-state index in [1.165, 1.54) is 33.0 Å². The Hall–Kier alpha value is -2.08. The molecule has 1 aliphatic heterocycles. The second kappa shape index (κ2) is 6.58. The number of nitrogens with zero attached hydrogens (tertiary/aromatic N) is 3. The van der Waals surface area contributed by atoms with E-state index in [4.69, 9.17) is 4.52 Å². The number of hydrogen-bond donors (Lipinski definition) is 1. The number of fused-ring (bicyclic) bond motifs is 1. The van der Waals surface area contributed by atoms with Gasteiger partial charge in [0.2, 0.25) is 0 Å². The molecule has 0 aliphatic carbocycles. The van der Waals surface area contributed by atoms with Crippen LogP contribution in [0.5, 0.6) is 0 Å². The van der Waals surface area contributed by atoms with Gasteiger partial charge in [0.15, 0.2) is 10.8 Å². The topological polar surface area (TPSA) is 105 Å². The Morgan fingerprint density at radius 3 is 2.96 bits per heavy atom. The molecule has 11 heteroatoms. The minimum Gasteiger partial charge on any atom is -0.361 e. The number of sulfonamides is 1. The van der Waals surface area contributed by atoms with E-state index < -0.39 is 15.9 Å². The van der Waals surface area contributed by atoms with Gasteiger partial charge >= 0.3 is 0 Å². The fraction of sp³-hybridized carbons (Fsp3) is 0.267. The molecule has 26 heavy (non-hydrogen) atoms. The van der Waals surface area contributed by atoms with Gasteiger partial charge in [-0.3, -0.25) is 10.1 Å². The number of rotatable bonds is 4. The molecule has 0 spiro atoms. The number of amides is 1. The largest absolute Gasteiger partial charge is 0.361 e. The van der Waals surface area contributed by atoms with Gasteiger partial charge in [0.1, 0.15) is 9.97 Å². The first-order valence-electron chi connectivity index (χ1n) is 7.70. The molecule has 8 nitrogen and oxygen atoms in total. The number of aryl methyl sites for hydroxylation is 1. The van der Waals surface area contributed by atoms with Crippen LogP contribution in [-0.2, 0) is 23.0 Å². The highest BCUT2D eigenvalue weighted by molar-refractivity contribution is 7.91. The van der Waals surface area contributed by atoms with Gasteiger partial charge < -0.3 is 4.52 Å². The predicted molar refractivity (Wildman–Crippen MR) is 96.9 cm³/mol. The van der Waals surface area contributed by atoms with E-state index >= 15 is 0 Å². The predicted octanol–water partition coefficient (Wildman–Crippen LogP) is 2.50. The summed E-state index contributed by atoms with van der Waals surface area (Å²) in [6.45, 7) is 2.33. The molecule has 0 atom stereocenters. The van der Waals surface area contributed by atoms with Crippen LogP contribution >= 0.6 is 22.7 Å². The Morgan fingerprint density at radius 2 is 2.27 bits per heavy atom. The molecule has 0 fully saturated rings. The highest BCUT2D eigenvalue weighted by Gasteiger charge is 2.31. The average molecular weight is 411 g/mol. The Labute approximate surface area is 157 Å². The summed E-state index contributed by atoms with van der Waals surface area (Å²) in [4.78, 5) is 17.4. The van der Waals surface area contributed by atoms with Gasteiger partial charge in [-0.25, -0.2) is 13.4 Å². The summed E-state index contributed by atoms with van der Waals surface area (Å²) in [5.74, 6) is 0.138. The van der Waals surface area contributed by atoms with E-state index in [1.807, 2.05) is 0 Å². The molecule has 1 aliphatic rings. The van der Waals surface area contributed by atoms with E-state index in [0.29, 0.717) is 28.1 Å². The molecule has 136 valence electrons. The van der Waals surface area contributed by atoms with Crippen LogP contribution in [0.25, 0.3) is 0 Å². The normalized spacial score (nSPS) is 15.0. The smallest absolute Gasteiger partial charge is 0.279 e. The number of nitrogens with one attached hydrogen (secondary N) is 1. The highest BCUT2D eigenvalue weighted by Crippen LogP contribution is 2.32. The van der Waals surface area contributed by atoms with Crippen LogP contribution < -0.4 is 5.32 Å². The summed E-state index contributed by atoms with van der Waals surface area (Å²) in [5, 5.41) is 8.53. The fourth-order valence-electron chi connectivity index (χ4n) is 2.60. The molecule has 0 saturated carbocycles. The van der Waals surface area contributed by atoms with Crippen molar-refractivity contribution in [1.29, 1.82) is 0 Å². The SMILES string of the molecule is Cc1cc(C(=O)Nc2nc3c(s2)CN(S(=O)(=O)c2cccs2)CC3)no1. The second-order valence-corrected chi connectivity index (χ2v) is 9.88. The van der Waals surface area contributed by atoms with Crippen molar-refractivity contribution in [3.63, 3.8) is 0 Å². The average Bonchev–Trinajstić information content (AvgIpc) is 3.34. The molecule has 1 N–H and O–H groups in total. The molecule has 1 amide bonds. The van der Waals surface area contributed by atoms with Crippen LogP contribution in [0.3, 0.4) is 0 Å². The number of aromatic nitrogens is 2. The molecule has 3 aromatic heterocycles. The van der Waals surface area contributed by atoms with Crippen molar-refractivity contribution in [3.8, 4) is 0 Å². The molecule has 4 rings (SSSR count). The molecule has 3 aromatic rings. The van der Waals surface area contributed by atoms with Crippen LogP contribution in [0.2, 0.25) is 0 Å². The molecule has 4 heterocycles. The van der Waals surface area contributed by atoms with Crippen molar-refractivity contribution in [3.05, 3.63) is 45.6 Å². The van der Waals surface area contributed by atoms with Crippen molar-refractivity contribution < 1.29 is 17.7 Å². The number of carbonyl (C=O) groups excluding carboxylic acids is 1. The third kappa shape index (κ3) is 3.18. The van der Waals surface area contributed by atoms with E-state index in [-0.39, 0.29) is 12.2 Å². The van der Waals surface area contributed by atoms with Gasteiger partial charge in [0.05, 0.1) is 12.2 Å². The van der Waals surface area contributed by atoms with Crippen LogP contribution in [0.15, 0.2) is 32.3 Å². The van der Waals surface area contributed by atoms with Gasteiger partial charge in [-0.05, 0) is 18.4 Å². The summed E-state index contributed by atoms with van der Waals surface area (Å²) >= 11 is 2.48. The first-order valence-corrected chi connectivity index (χ1v) is 10.8. The molecule has 0 unspecified atom stereocenters. The summed E-state index contributed by atoms with van der Waals surface area (Å²) < 4.78 is 32.0. The maximum absolute atomic E-state index is 12.7. The third-order valence-corrected chi connectivity index (χ3v) is 8.08. The van der Waals surface area contributed by atoms with Gasteiger partial charge in [-0.2, -0.15) is 4.31 Å². The lowest BCUT2D eigenvalue weighted by molar-refractivity contribution is 0.101. The van der Waals surface area contributed by atoms with Crippen molar-refractivity contribution in [1.82, 2.24) is 14.4 Å². The van der Waals surface area contributed by atoms with Crippen LogP contribution in [0.1, 0.15) is 26.8 Å². The number of hydrogen-bond acceptors (Lipinski definition) is 8. The second-order valence-electron chi connectivity index (χ2n) is 5.69. The minimum absolute atomic E-state index is 0.178. The van der Waals surface area contributed by atoms with E-state index in [1.54, 1.807) is 24.4 Å². The third-order valence-electron chi connectivity index (χ3n) is 3.87. The van der Waals surface area contributed by atoms with E-state index in [0.717, 1.165) is 10.6 Å². The van der Waals surface area contributed by atoms with E-state index in [9.17, 15) is 13.2 Å². The Morgan fingerprint density at radius 1 is 1.42 bits per heavy atom. The number of thiazole rings is 1. The molecular formula is C15H14N4O4S3. The van der Waals surface area contributed by atoms with Gasteiger partial charge in [-0.1, -0.05) is 11.2 Å². The molecular weight excluding hydrogens is 396 g/mol. The first-order chi connectivity index (χ1) is 12.4. The molecule has 0 bridgehead atoms. The Kier molecular flexibility index (Phi) is 4.39. The van der Waals surface area contributed by atoms with Gasteiger partial charge in [-0.15, -0.1) is 22.7 Å². The lowest BCUT2D eigenvalue weighted by atomic mass is 10.2. The van der Waals surface area contributed by atoms with Gasteiger partial charge in [0, 0.05) is 23.9 Å². The minimum atomic E-state index is -3.49. The first kappa shape index (κ1) is 17.3. The quantitative estimate of drug-likeness (QED) is 0.708. The maximum atomic E-state index is 12.7. The van der Waals surface area contributed by atoms with Crippen molar-refractivity contribution >= 4 is 43.7 Å². The summed E-state index contributed by atoms with van der Waals surface area (Å²) in [7, 11) is -3.49. The maximum Gasteiger partial charge on any atom is 0.279 e. The number of anilines is 1. The zero-order valence-corrected chi connectivity index (χ0v) is 16.1. The Balaban J connectivity index is 1.51. The number of carbonyl (C=O) groups is 1. The number of thiophene rings is 1. The standard InChI is InChI=1S/C15H14N4O4S3/c1-9-7-11(18-23-9)14(20)17-15-16-10-4-5-19(8-12(10)25-15)26(21,22)13-3-2-6-24-13/h2-3,6-7H,4-5,8H2,1H3,(H,16,17,20). The van der Waals surface area contributed by atoms with Gasteiger partial charge in [0.25, 0.3) is 15.9 Å². The monoisotopic (exact) mass is 410 g/mol. The summed E-state index contributed by atoms with van der Waals surface area (Å²) in [6.07, 6.45) is 0.509. The van der Waals surface area contributed by atoms with Crippen molar-refractivity contribution in [2.45, 2.75) is 24.1 Å². The van der Waals surface area contributed by atoms with Crippen molar-refractivity contribution in [2.75, 3.05) is 11.9 Å². The molecule has 0 saturated heterocycles. The van der Waals surface area contributed by atoms with Crippen molar-refractivity contribution in [2.24, 2.45) is 0 Å². The summed E-state index contributed by atoms with van der Waals surface area (Å²) in [6, 6.07) is 4.87. The zero-order valence-electron chi connectivity index (χ0n) is 13.6. The lowest BCUT2D eigenvalue weighted by Gasteiger charge is -2.24. The van der Waals surface area contributed by atoms with E-state index in [2.05, 4.69) is 15.5 Å². The zero-order chi connectivity index (χ0) is 18.3.